The molecule has 0 aliphatic rings. The molecule has 0 aromatic rings. The molecule has 0 fully saturated rings. The molecule has 0 amide bonds. The lowest BCUT2D eigenvalue weighted by molar-refractivity contribution is -0.160. The van der Waals surface area contributed by atoms with Crippen molar-refractivity contribution in [2.45, 2.75) is 65.9 Å². The van der Waals surface area contributed by atoms with Crippen LogP contribution in [-0.4, -0.2) is 117 Å². The number of carbonyl (C=O) groups excluding carboxylic acids is 2. The molecule has 0 N–H and O–H groups in total. The predicted molar refractivity (Wildman–Crippen MR) is 146 cm³/mol. The average Bonchev–Trinajstić information content (AvgIpc) is 2.88. The average molecular weight is 567 g/mol. The van der Waals surface area contributed by atoms with Crippen molar-refractivity contribution >= 4 is 11.9 Å². The minimum atomic E-state index is -0.510. The maximum absolute atomic E-state index is 12.0. The highest BCUT2D eigenvalue weighted by Crippen LogP contribution is 2.14. The lowest BCUT2D eigenvalue weighted by Crippen LogP contribution is -2.27. The van der Waals surface area contributed by atoms with Crippen molar-refractivity contribution < 1.29 is 52.2 Å². The number of hydrogen-bond donors (Lipinski definition) is 0. The molecule has 232 valence electrons. The molecule has 0 aromatic heterocycles. The smallest absolute Gasteiger partial charge is 0.332 e. The summed E-state index contributed by atoms with van der Waals surface area (Å²) in [7, 11) is 0. The fourth-order valence-corrected chi connectivity index (χ4v) is 3.10. The molecule has 0 heterocycles. The van der Waals surface area contributed by atoms with Gasteiger partial charge in [-0.3, -0.25) is 4.79 Å². The molecule has 0 aliphatic carbocycles. The Morgan fingerprint density at radius 1 is 0.590 bits per heavy atom. The molecule has 0 bridgehead atoms. The minimum Gasteiger partial charge on any atom is -0.463 e. The van der Waals surface area contributed by atoms with Gasteiger partial charge in [-0.2, -0.15) is 0 Å². The summed E-state index contributed by atoms with van der Waals surface area (Å²) in [5.74, 6) is -0.516. The van der Waals surface area contributed by atoms with E-state index in [-0.39, 0.29) is 31.1 Å². The van der Waals surface area contributed by atoms with Crippen LogP contribution in [0.3, 0.4) is 0 Å². The van der Waals surface area contributed by atoms with E-state index in [1.54, 1.807) is 0 Å². The van der Waals surface area contributed by atoms with Gasteiger partial charge in [-0.15, -0.1) is 0 Å². The number of esters is 2. The van der Waals surface area contributed by atoms with Gasteiger partial charge in [-0.1, -0.05) is 26.7 Å². The SMILES string of the molecule is CCCCC(CC)C(=O)OCCOCCOCCOCCOCCOCCOCCOCC(=O)OC(C)(C)C. The van der Waals surface area contributed by atoms with Crippen molar-refractivity contribution in [3.63, 3.8) is 0 Å². The maximum Gasteiger partial charge on any atom is 0.332 e. The van der Waals surface area contributed by atoms with Crippen molar-refractivity contribution in [1.82, 2.24) is 0 Å². The van der Waals surface area contributed by atoms with Crippen LogP contribution in [-0.2, 0) is 52.2 Å². The topological polar surface area (TPSA) is 117 Å². The number of unbranched alkanes of at least 4 members (excludes halogenated alkanes) is 1. The highest BCUT2D eigenvalue weighted by atomic mass is 16.6. The largest absolute Gasteiger partial charge is 0.463 e. The Morgan fingerprint density at radius 2 is 0.974 bits per heavy atom. The van der Waals surface area contributed by atoms with Crippen molar-refractivity contribution in [2.75, 3.05) is 99.1 Å². The molecule has 0 saturated carbocycles. The molecule has 1 unspecified atom stereocenters. The fourth-order valence-electron chi connectivity index (χ4n) is 3.10. The van der Waals surface area contributed by atoms with Crippen LogP contribution in [0.4, 0.5) is 0 Å². The molecule has 0 saturated heterocycles. The van der Waals surface area contributed by atoms with Gasteiger partial charge in [0, 0.05) is 0 Å². The summed E-state index contributed by atoms with van der Waals surface area (Å²) in [4.78, 5) is 23.5. The van der Waals surface area contributed by atoms with E-state index in [2.05, 4.69) is 6.92 Å². The van der Waals surface area contributed by atoms with Crippen molar-refractivity contribution in [3.05, 3.63) is 0 Å². The van der Waals surface area contributed by atoms with Crippen LogP contribution < -0.4 is 0 Å². The second-order valence-electron chi connectivity index (χ2n) is 9.73. The van der Waals surface area contributed by atoms with Gasteiger partial charge in [0.2, 0.25) is 0 Å². The molecular formula is C28H54O11. The zero-order valence-electron chi connectivity index (χ0n) is 25.0. The molecule has 0 aromatic carbocycles. The number of rotatable bonds is 28. The van der Waals surface area contributed by atoms with Crippen LogP contribution >= 0.6 is 0 Å². The van der Waals surface area contributed by atoms with Crippen LogP contribution in [0, 0.1) is 5.92 Å². The normalized spacial score (nSPS) is 12.4. The first-order chi connectivity index (χ1) is 18.8. The molecule has 0 spiro atoms. The van der Waals surface area contributed by atoms with Crippen LogP contribution in [0.25, 0.3) is 0 Å². The van der Waals surface area contributed by atoms with E-state index in [1.165, 1.54) is 0 Å². The van der Waals surface area contributed by atoms with E-state index in [4.69, 9.17) is 42.6 Å². The Hall–Kier alpha value is -1.34. The van der Waals surface area contributed by atoms with Crippen molar-refractivity contribution in [3.8, 4) is 0 Å². The number of carbonyl (C=O) groups is 2. The predicted octanol–water partition coefficient (Wildman–Crippen LogP) is 3.20. The van der Waals surface area contributed by atoms with Gasteiger partial charge in [0.05, 0.1) is 91.8 Å². The van der Waals surface area contributed by atoms with Gasteiger partial charge in [0.15, 0.2) is 0 Å². The van der Waals surface area contributed by atoms with Gasteiger partial charge < -0.3 is 42.6 Å². The first-order valence-electron chi connectivity index (χ1n) is 14.2. The van der Waals surface area contributed by atoms with Crippen LogP contribution in [0.2, 0.25) is 0 Å². The van der Waals surface area contributed by atoms with E-state index >= 15 is 0 Å². The van der Waals surface area contributed by atoms with Crippen LogP contribution in [0.15, 0.2) is 0 Å². The third-order valence-electron chi connectivity index (χ3n) is 5.08. The van der Waals surface area contributed by atoms with E-state index in [0.29, 0.717) is 85.9 Å². The standard InChI is InChI=1S/C28H54O11/c1-6-8-9-25(7-2)27(30)38-23-22-36-19-18-34-15-14-32-11-10-31-12-13-33-16-17-35-20-21-37-24-26(29)39-28(3,4)5/h25H,6-24H2,1-5H3. The summed E-state index contributed by atoms with van der Waals surface area (Å²) in [6, 6.07) is 0. The van der Waals surface area contributed by atoms with Crippen molar-refractivity contribution in [1.29, 1.82) is 0 Å². The van der Waals surface area contributed by atoms with Crippen LogP contribution in [0.5, 0.6) is 0 Å². The van der Waals surface area contributed by atoms with E-state index in [9.17, 15) is 9.59 Å². The molecule has 0 rings (SSSR count). The second-order valence-corrected chi connectivity index (χ2v) is 9.73. The zero-order chi connectivity index (χ0) is 29.0. The van der Waals surface area contributed by atoms with E-state index in [0.717, 1.165) is 25.7 Å². The molecule has 0 radical (unpaired) electrons. The quantitative estimate of drug-likeness (QED) is 0.103. The van der Waals surface area contributed by atoms with E-state index in [1.807, 2.05) is 27.7 Å². The van der Waals surface area contributed by atoms with Gasteiger partial charge >= 0.3 is 11.9 Å². The van der Waals surface area contributed by atoms with Gasteiger partial charge in [0.25, 0.3) is 0 Å². The summed E-state index contributed by atoms with van der Waals surface area (Å²) in [5.41, 5.74) is -0.510. The number of ether oxygens (including phenoxy) is 9. The summed E-state index contributed by atoms with van der Waals surface area (Å²) >= 11 is 0. The summed E-state index contributed by atoms with van der Waals surface area (Å²) in [6.45, 7) is 15.5. The molecule has 1 atom stereocenters. The van der Waals surface area contributed by atoms with Gasteiger partial charge in [-0.05, 0) is 33.6 Å². The van der Waals surface area contributed by atoms with Gasteiger partial charge in [0.1, 0.15) is 18.8 Å². The Balaban J connectivity index is 3.24. The summed E-state index contributed by atoms with van der Waals surface area (Å²) in [5, 5.41) is 0. The summed E-state index contributed by atoms with van der Waals surface area (Å²) in [6.07, 6.45) is 3.83. The highest BCUT2D eigenvalue weighted by molar-refractivity contribution is 5.72. The van der Waals surface area contributed by atoms with E-state index < -0.39 is 5.60 Å². The molecule has 0 aliphatic heterocycles. The fraction of sp³-hybridized carbons (Fsp3) is 0.929. The zero-order valence-corrected chi connectivity index (χ0v) is 25.0. The first kappa shape index (κ1) is 37.7. The molecule has 11 nitrogen and oxygen atoms in total. The third-order valence-corrected chi connectivity index (χ3v) is 5.08. The second kappa shape index (κ2) is 26.9. The lowest BCUT2D eigenvalue weighted by Gasteiger charge is -2.19. The monoisotopic (exact) mass is 566 g/mol. The Bertz CT molecular complexity index is 566. The molecule has 39 heavy (non-hydrogen) atoms. The van der Waals surface area contributed by atoms with Crippen molar-refractivity contribution in [2.24, 2.45) is 5.92 Å². The van der Waals surface area contributed by atoms with Crippen LogP contribution in [0.1, 0.15) is 60.3 Å². The third kappa shape index (κ3) is 28.0. The minimum absolute atomic E-state index is 0.00486. The Kier molecular flexibility index (Phi) is 25.9. The lowest BCUT2D eigenvalue weighted by atomic mass is 10.00. The first-order valence-corrected chi connectivity index (χ1v) is 14.2. The summed E-state index contributed by atoms with van der Waals surface area (Å²) < 4.78 is 48.2. The Labute approximate surface area is 235 Å². The highest BCUT2D eigenvalue weighted by Gasteiger charge is 2.17. The Morgan fingerprint density at radius 3 is 1.33 bits per heavy atom. The number of hydrogen-bond acceptors (Lipinski definition) is 11. The maximum atomic E-state index is 12.0. The molecular weight excluding hydrogens is 512 g/mol. The van der Waals surface area contributed by atoms with Gasteiger partial charge in [-0.25, -0.2) is 4.79 Å². The molecule has 11 heteroatoms.